The number of rotatable bonds is 4. The summed E-state index contributed by atoms with van der Waals surface area (Å²) in [6.45, 7) is 5.70. The molecule has 0 atom stereocenters. The van der Waals surface area contributed by atoms with Gasteiger partial charge in [-0.3, -0.25) is 0 Å². The Labute approximate surface area is 126 Å². The number of thiazole rings is 1. The Kier molecular flexibility index (Phi) is 5.36. The van der Waals surface area contributed by atoms with E-state index in [-0.39, 0.29) is 0 Å². The van der Waals surface area contributed by atoms with Gasteiger partial charge in [-0.05, 0) is 19.9 Å². The van der Waals surface area contributed by atoms with E-state index < -0.39 is 10.0 Å². The molecule has 1 saturated heterocycles. The molecular formula is C11H18BrN3O2S2. The molecule has 0 N–H and O–H groups in total. The van der Waals surface area contributed by atoms with Crippen molar-refractivity contribution in [3.05, 3.63) is 11.2 Å². The molecule has 0 aromatic carbocycles. The van der Waals surface area contributed by atoms with Gasteiger partial charge >= 0.3 is 0 Å². The Balaban J connectivity index is 2.09. The summed E-state index contributed by atoms with van der Waals surface area (Å²) in [5, 5.41) is 1.71. The fourth-order valence-corrected chi connectivity index (χ4v) is 5.35. The maximum absolute atomic E-state index is 12.5. The summed E-state index contributed by atoms with van der Waals surface area (Å²) >= 11 is 4.67. The zero-order valence-corrected chi connectivity index (χ0v) is 14.1. The highest BCUT2D eigenvalue weighted by Gasteiger charge is 2.28. The summed E-state index contributed by atoms with van der Waals surface area (Å²) in [5.41, 5.74) is 0. The van der Waals surface area contributed by atoms with Crippen LogP contribution in [0.3, 0.4) is 0 Å². The highest BCUT2D eigenvalue weighted by Crippen LogP contribution is 2.23. The van der Waals surface area contributed by atoms with Crippen LogP contribution >= 0.6 is 27.3 Å². The normalized spacial score (nSPS) is 19.5. The monoisotopic (exact) mass is 367 g/mol. The molecule has 1 aliphatic heterocycles. The smallest absolute Gasteiger partial charge is 0.254 e. The number of hydrogen-bond acceptors (Lipinski definition) is 5. The van der Waals surface area contributed by atoms with E-state index in [0.29, 0.717) is 17.3 Å². The van der Waals surface area contributed by atoms with Crippen LogP contribution in [0.15, 0.2) is 10.4 Å². The lowest BCUT2D eigenvalue weighted by Gasteiger charge is -2.20. The van der Waals surface area contributed by atoms with Gasteiger partial charge in [-0.15, -0.1) is 11.3 Å². The van der Waals surface area contributed by atoms with Crippen LogP contribution in [0.2, 0.25) is 0 Å². The number of halogens is 1. The van der Waals surface area contributed by atoms with Gasteiger partial charge in [0.2, 0.25) is 0 Å². The fourth-order valence-electron chi connectivity index (χ4n) is 2.12. The first kappa shape index (κ1) is 15.4. The van der Waals surface area contributed by atoms with Gasteiger partial charge in [0.15, 0.2) is 4.21 Å². The number of aryl methyl sites for hydroxylation is 1. The summed E-state index contributed by atoms with van der Waals surface area (Å²) in [7, 11) is -3.35. The molecule has 0 aliphatic carbocycles. The highest BCUT2D eigenvalue weighted by atomic mass is 79.9. The van der Waals surface area contributed by atoms with Crippen molar-refractivity contribution in [1.82, 2.24) is 14.2 Å². The first-order chi connectivity index (χ1) is 9.04. The Morgan fingerprint density at radius 3 is 2.79 bits per heavy atom. The number of aromatic nitrogens is 1. The lowest BCUT2D eigenvalue weighted by Crippen LogP contribution is -2.35. The molecule has 0 amide bonds. The van der Waals surface area contributed by atoms with Crippen molar-refractivity contribution in [3.8, 4) is 0 Å². The minimum atomic E-state index is -3.35. The quantitative estimate of drug-likeness (QED) is 0.757. The van der Waals surface area contributed by atoms with E-state index in [0.717, 1.165) is 36.4 Å². The molecule has 1 aromatic heterocycles. The standard InChI is InChI=1S/C11H18BrN3O2S2/c1-10-13-9-11(18-10)19(16,17)15-5-2-4-14(6-3-12)7-8-15/h9H,2-8H2,1H3. The van der Waals surface area contributed by atoms with E-state index in [1.807, 2.05) is 6.92 Å². The van der Waals surface area contributed by atoms with Crippen molar-refractivity contribution < 1.29 is 8.42 Å². The summed E-state index contributed by atoms with van der Waals surface area (Å²) < 4.78 is 26.9. The van der Waals surface area contributed by atoms with Gasteiger partial charge in [0, 0.05) is 31.5 Å². The fraction of sp³-hybridized carbons (Fsp3) is 0.727. The van der Waals surface area contributed by atoms with Crippen LogP contribution in [-0.2, 0) is 10.0 Å². The summed E-state index contributed by atoms with van der Waals surface area (Å²) in [6.07, 6.45) is 2.35. The summed E-state index contributed by atoms with van der Waals surface area (Å²) in [5.74, 6) is 0. The Hall–Kier alpha value is -0.0200. The minimum Gasteiger partial charge on any atom is -0.301 e. The topological polar surface area (TPSA) is 53.5 Å². The van der Waals surface area contributed by atoms with Crippen LogP contribution in [0.25, 0.3) is 0 Å². The second-order valence-corrected chi connectivity index (χ2v) is 8.68. The lowest BCUT2D eigenvalue weighted by atomic mass is 10.4. The maximum atomic E-state index is 12.5. The van der Waals surface area contributed by atoms with Crippen molar-refractivity contribution in [2.24, 2.45) is 0 Å². The van der Waals surface area contributed by atoms with Gasteiger partial charge in [0.25, 0.3) is 10.0 Å². The Bertz CT molecular complexity index is 518. The van der Waals surface area contributed by atoms with Gasteiger partial charge in [0.1, 0.15) is 0 Å². The average Bonchev–Trinajstić information content (AvgIpc) is 2.66. The van der Waals surface area contributed by atoms with E-state index in [9.17, 15) is 8.42 Å². The molecule has 1 fully saturated rings. The van der Waals surface area contributed by atoms with Gasteiger partial charge < -0.3 is 4.90 Å². The second kappa shape index (κ2) is 6.62. The maximum Gasteiger partial charge on any atom is 0.254 e. The molecule has 108 valence electrons. The van der Waals surface area contributed by atoms with Crippen molar-refractivity contribution in [1.29, 1.82) is 0 Å². The first-order valence-corrected chi connectivity index (χ1v) is 9.63. The molecule has 5 nitrogen and oxygen atoms in total. The van der Waals surface area contributed by atoms with Crippen molar-refractivity contribution in [3.63, 3.8) is 0 Å². The van der Waals surface area contributed by atoms with Gasteiger partial charge in [-0.1, -0.05) is 15.9 Å². The largest absolute Gasteiger partial charge is 0.301 e. The molecule has 0 spiro atoms. The molecule has 2 rings (SSSR count). The third kappa shape index (κ3) is 3.75. The Morgan fingerprint density at radius 1 is 1.37 bits per heavy atom. The Morgan fingerprint density at radius 2 is 2.16 bits per heavy atom. The molecule has 1 aromatic rings. The van der Waals surface area contributed by atoms with Gasteiger partial charge in [0.05, 0.1) is 11.2 Å². The van der Waals surface area contributed by atoms with Crippen molar-refractivity contribution >= 4 is 37.3 Å². The third-order valence-corrected chi connectivity index (χ3v) is 6.75. The first-order valence-electron chi connectivity index (χ1n) is 6.25. The minimum absolute atomic E-state index is 0.360. The molecule has 0 unspecified atom stereocenters. The zero-order chi connectivity index (χ0) is 13.9. The number of alkyl halides is 1. The van der Waals surface area contributed by atoms with E-state index >= 15 is 0 Å². The van der Waals surface area contributed by atoms with Crippen LogP contribution in [0.5, 0.6) is 0 Å². The molecule has 19 heavy (non-hydrogen) atoms. The average molecular weight is 368 g/mol. The van der Waals surface area contributed by atoms with E-state index in [1.54, 1.807) is 4.31 Å². The van der Waals surface area contributed by atoms with Gasteiger partial charge in [-0.25, -0.2) is 13.4 Å². The van der Waals surface area contributed by atoms with Crippen molar-refractivity contribution in [2.75, 3.05) is 38.1 Å². The third-order valence-electron chi connectivity index (χ3n) is 3.14. The van der Waals surface area contributed by atoms with Crippen LogP contribution in [0.1, 0.15) is 11.4 Å². The molecule has 0 bridgehead atoms. The molecular weight excluding hydrogens is 350 g/mol. The molecule has 8 heteroatoms. The summed E-state index contributed by atoms with van der Waals surface area (Å²) in [4.78, 5) is 6.34. The van der Waals surface area contributed by atoms with Crippen LogP contribution in [0.4, 0.5) is 0 Å². The van der Waals surface area contributed by atoms with Crippen LogP contribution in [0, 0.1) is 6.92 Å². The van der Waals surface area contributed by atoms with Crippen LogP contribution < -0.4 is 0 Å². The predicted molar refractivity (Wildman–Crippen MR) is 80.5 cm³/mol. The zero-order valence-electron chi connectivity index (χ0n) is 10.9. The molecule has 1 aliphatic rings. The van der Waals surface area contributed by atoms with Crippen LogP contribution in [-0.4, -0.2) is 60.7 Å². The predicted octanol–water partition coefficient (Wildman–Crippen LogP) is 1.54. The van der Waals surface area contributed by atoms with Gasteiger partial charge in [-0.2, -0.15) is 4.31 Å². The SMILES string of the molecule is Cc1ncc(S(=O)(=O)N2CCCN(CCBr)CC2)s1. The molecule has 0 radical (unpaired) electrons. The van der Waals surface area contributed by atoms with E-state index in [1.165, 1.54) is 17.5 Å². The second-order valence-electron chi connectivity index (χ2n) is 4.49. The summed E-state index contributed by atoms with van der Waals surface area (Å²) in [6, 6.07) is 0. The molecule has 2 heterocycles. The lowest BCUT2D eigenvalue weighted by molar-refractivity contribution is 0.305. The number of sulfonamides is 1. The van der Waals surface area contributed by atoms with Crippen molar-refractivity contribution in [2.45, 2.75) is 17.6 Å². The number of nitrogens with zero attached hydrogens (tertiary/aromatic N) is 3. The number of hydrogen-bond donors (Lipinski definition) is 0. The molecule has 0 saturated carbocycles. The highest BCUT2D eigenvalue weighted by molar-refractivity contribution is 9.09. The van der Waals surface area contributed by atoms with E-state index in [2.05, 4.69) is 25.8 Å². The van der Waals surface area contributed by atoms with E-state index in [4.69, 9.17) is 0 Å².